The van der Waals surface area contributed by atoms with Crippen LogP contribution in [0.25, 0.3) is 33.5 Å². The van der Waals surface area contributed by atoms with Crippen molar-refractivity contribution in [1.29, 1.82) is 0 Å². The largest absolute Gasteiger partial charge is 0.350 e. The summed E-state index contributed by atoms with van der Waals surface area (Å²) in [5, 5.41) is 11.3. The number of nitrogens with one attached hydrogen (secondary N) is 2. The summed E-state index contributed by atoms with van der Waals surface area (Å²) in [7, 11) is 0. The highest BCUT2D eigenvalue weighted by Crippen LogP contribution is 2.29. The monoisotopic (exact) mass is 633 g/mol. The second-order valence-electron chi connectivity index (χ2n) is 12.4. The molecule has 1 unspecified atom stereocenters. The molecular weight excluding hydrogens is 597 g/mol. The number of piperazine rings is 1. The van der Waals surface area contributed by atoms with Gasteiger partial charge in [-0.1, -0.05) is 0 Å². The van der Waals surface area contributed by atoms with E-state index in [9.17, 15) is 14.0 Å². The van der Waals surface area contributed by atoms with E-state index in [1.165, 1.54) is 12.1 Å². The van der Waals surface area contributed by atoms with Crippen molar-refractivity contribution in [2.45, 2.75) is 32.4 Å². The van der Waals surface area contributed by atoms with Crippen LogP contribution in [-0.4, -0.2) is 91.6 Å². The number of anilines is 2. The van der Waals surface area contributed by atoms with Crippen molar-refractivity contribution in [2.75, 3.05) is 42.9 Å². The molecule has 2 aliphatic heterocycles. The fraction of sp³-hybridized carbons (Fsp3) is 0.314. The molecule has 12 heteroatoms. The average molecular weight is 634 g/mol. The maximum absolute atomic E-state index is 13.5. The van der Waals surface area contributed by atoms with E-state index in [2.05, 4.69) is 54.1 Å². The lowest BCUT2D eigenvalue weighted by molar-refractivity contribution is -0.135. The molecule has 0 spiro atoms. The zero-order chi connectivity index (χ0) is 32.5. The van der Waals surface area contributed by atoms with Crippen molar-refractivity contribution in [2.24, 2.45) is 5.92 Å². The van der Waals surface area contributed by atoms with E-state index in [4.69, 9.17) is 0 Å². The van der Waals surface area contributed by atoms with Gasteiger partial charge in [0.05, 0.1) is 23.7 Å². The average Bonchev–Trinajstić information content (AvgIpc) is 3.74. The molecule has 0 saturated carbocycles. The minimum atomic E-state index is -0.299. The van der Waals surface area contributed by atoms with Crippen LogP contribution in [0.15, 0.2) is 79.3 Å². The molecule has 2 fully saturated rings. The van der Waals surface area contributed by atoms with Crippen molar-refractivity contribution in [3.63, 3.8) is 0 Å². The topological polar surface area (TPSA) is 123 Å². The highest BCUT2D eigenvalue weighted by molar-refractivity contribution is 5.98. The molecule has 0 radical (unpaired) electrons. The van der Waals surface area contributed by atoms with Gasteiger partial charge in [0.2, 0.25) is 11.8 Å². The lowest BCUT2D eigenvalue weighted by atomic mass is 10.1. The first-order valence-corrected chi connectivity index (χ1v) is 15.9. The van der Waals surface area contributed by atoms with Gasteiger partial charge in [0, 0.05) is 72.5 Å². The van der Waals surface area contributed by atoms with Crippen molar-refractivity contribution >= 4 is 34.2 Å². The third-order valence-electron chi connectivity index (χ3n) is 9.12. The Morgan fingerprint density at radius 1 is 0.936 bits per heavy atom. The van der Waals surface area contributed by atoms with E-state index in [1.807, 2.05) is 35.2 Å². The Bertz CT molecular complexity index is 1880. The number of fused-ring (bicyclic) bond motifs is 1. The summed E-state index contributed by atoms with van der Waals surface area (Å²) in [5.74, 6) is 1.01. The van der Waals surface area contributed by atoms with Gasteiger partial charge in [-0.15, -0.1) is 0 Å². The lowest BCUT2D eigenvalue weighted by Gasteiger charge is -2.45. The van der Waals surface area contributed by atoms with Gasteiger partial charge in [-0.25, -0.2) is 19.3 Å². The summed E-state index contributed by atoms with van der Waals surface area (Å²) >= 11 is 0. The van der Waals surface area contributed by atoms with E-state index < -0.39 is 0 Å². The summed E-state index contributed by atoms with van der Waals surface area (Å²) in [6.07, 6.45) is 5.91. The number of pyridine rings is 1. The molecule has 0 bridgehead atoms. The number of hydrogen-bond donors (Lipinski definition) is 2. The van der Waals surface area contributed by atoms with Gasteiger partial charge < -0.3 is 15.1 Å². The van der Waals surface area contributed by atoms with Gasteiger partial charge in [0.15, 0.2) is 5.82 Å². The number of aromatic amines is 1. The molecule has 2 amide bonds. The van der Waals surface area contributed by atoms with Gasteiger partial charge in [-0.3, -0.25) is 19.6 Å². The van der Waals surface area contributed by atoms with Gasteiger partial charge in [-0.05, 0) is 87.5 Å². The molecule has 5 aromatic rings. The first kappa shape index (κ1) is 30.4. The fourth-order valence-corrected chi connectivity index (χ4v) is 6.57. The molecule has 47 heavy (non-hydrogen) atoms. The lowest BCUT2D eigenvalue weighted by Crippen LogP contribution is -2.59. The molecule has 2 saturated heterocycles. The molecule has 5 heterocycles. The fourth-order valence-electron chi connectivity index (χ4n) is 6.57. The Hall–Kier alpha value is -5.23. The highest BCUT2D eigenvalue weighted by Gasteiger charge is 2.35. The third-order valence-corrected chi connectivity index (χ3v) is 9.12. The molecule has 3 aromatic heterocycles. The van der Waals surface area contributed by atoms with Crippen molar-refractivity contribution in [3.05, 3.63) is 85.1 Å². The van der Waals surface area contributed by atoms with Crippen LogP contribution in [-0.2, 0) is 9.59 Å². The van der Waals surface area contributed by atoms with Crippen LogP contribution in [0.4, 0.5) is 15.9 Å². The van der Waals surface area contributed by atoms with E-state index in [-0.39, 0.29) is 42.2 Å². The first-order valence-electron chi connectivity index (χ1n) is 15.9. The Morgan fingerprint density at radius 3 is 2.49 bits per heavy atom. The predicted octanol–water partition coefficient (Wildman–Crippen LogP) is 4.61. The summed E-state index contributed by atoms with van der Waals surface area (Å²) in [6.45, 7) is 6.97. The second-order valence-corrected chi connectivity index (χ2v) is 12.4. The van der Waals surface area contributed by atoms with Crippen LogP contribution < -0.4 is 10.2 Å². The van der Waals surface area contributed by atoms with Crippen LogP contribution in [0.1, 0.15) is 20.3 Å². The molecule has 2 N–H and O–H groups in total. The quantitative estimate of drug-likeness (QED) is 0.267. The number of nitrogens with zero attached hydrogens (tertiary/aromatic N) is 7. The Kier molecular flexibility index (Phi) is 8.33. The summed E-state index contributed by atoms with van der Waals surface area (Å²) < 4.78 is 13.4. The molecule has 2 aromatic carbocycles. The van der Waals surface area contributed by atoms with E-state index >= 15 is 0 Å². The third kappa shape index (κ3) is 6.41. The predicted molar refractivity (Wildman–Crippen MR) is 178 cm³/mol. The minimum absolute atomic E-state index is 0.0142. The Balaban J connectivity index is 0.920. The molecular formula is C35H36FN9O2. The van der Waals surface area contributed by atoms with Gasteiger partial charge in [-0.2, -0.15) is 5.10 Å². The number of carbonyl (C=O) groups excluding carboxylic acids is 2. The number of aromatic nitrogens is 5. The van der Waals surface area contributed by atoms with Crippen molar-refractivity contribution < 1.29 is 14.0 Å². The molecule has 3 atom stereocenters. The number of hydrogen-bond acceptors (Lipinski definition) is 8. The second kappa shape index (κ2) is 12.9. The Morgan fingerprint density at radius 2 is 1.72 bits per heavy atom. The van der Waals surface area contributed by atoms with Crippen molar-refractivity contribution in [3.8, 4) is 22.6 Å². The maximum atomic E-state index is 13.5. The summed E-state index contributed by atoms with van der Waals surface area (Å²) in [4.78, 5) is 46.2. The van der Waals surface area contributed by atoms with Crippen LogP contribution in [0, 0.1) is 11.7 Å². The van der Waals surface area contributed by atoms with Crippen LogP contribution in [0.2, 0.25) is 0 Å². The smallest absolute Gasteiger partial charge is 0.237 e. The van der Waals surface area contributed by atoms with Crippen LogP contribution >= 0.6 is 0 Å². The van der Waals surface area contributed by atoms with E-state index in [0.717, 1.165) is 33.5 Å². The van der Waals surface area contributed by atoms with Crippen molar-refractivity contribution in [1.82, 2.24) is 34.9 Å². The minimum Gasteiger partial charge on any atom is -0.350 e. The number of halogens is 1. The van der Waals surface area contributed by atoms with Crippen LogP contribution in [0.3, 0.4) is 0 Å². The number of rotatable bonds is 7. The van der Waals surface area contributed by atoms with Gasteiger partial charge in [0.25, 0.3) is 0 Å². The highest BCUT2D eigenvalue weighted by atomic mass is 19.1. The maximum Gasteiger partial charge on any atom is 0.237 e. The number of carbonyl (C=O) groups is 2. The number of benzene rings is 2. The molecule has 240 valence electrons. The molecule has 0 aliphatic carbocycles. The van der Waals surface area contributed by atoms with E-state index in [1.54, 1.807) is 36.8 Å². The number of likely N-dealkylation sites (tertiary alicyclic amines) is 1. The summed E-state index contributed by atoms with van der Waals surface area (Å²) in [5.41, 5.74) is 3.84. The van der Waals surface area contributed by atoms with Gasteiger partial charge in [0.1, 0.15) is 11.6 Å². The normalized spacial score (nSPS) is 20.1. The Labute approximate surface area is 271 Å². The van der Waals surface area contributed by atoms with Gasteiger partial charge >= 0.3 is 0 Å². The molecule has 11 nitrogen and oxygen atoms in total. The standard InChI is InChI=1S/C35H36FN9O2/c1-22-19-45(23(2)18-44(22)31-11-6-25(17-39-31)34-37-13-3-14-38-34)32(46)21-43-15-12-26(20-43)35(47)40-28-9-10-29-30(16-28)41-42-33(29)24-4-7-27(36)8-5-24/h3-11,13-14,16-17,22-23,26H,12,15,18-21H2,1-2H3,(H,40,47)(H,41,42)/t22-,23+,26?/m1/s1. The van der Waals surface area contributed by atoms with E-state index in [0.29, 0.717) is 44.1 Å². The zero-order valence-corrected chi connectivity index (χ0v) is 26.3. The summed E-state index contributed by atoms with van der Waals surface area (Å²) in [6, 6.07) is 17.7. The first-order chi connectivity index (χ1) is 22.8. The van der Waals surface area contributed by atoms with Crippen LogP contribution in [0.5, 0.6) is 0 Å². The number of amides is 2. The molecule has 7 rings (SSSR count). The number of H-pyrrole nitrogens is 1. The SMILES string of the molecule is C[C@@H]1CN(C(=O)CN2CCC(C(=O)Nc3ccc4c(-c5ccc(F)cc5)n[nH]c4c3)C2)[C@@H](C)CN1c1ccc(-c2ncccn2)cn1. The zero-order valence-electron chi connectivity index (χ0n) is 26.3. The molecule has 2 aliphatic rings.